The normalized spacial score (nSPS) is 15.8. The Kier molecular flexibility index (Phi) is 4.61. The molecule has 0 bridgehead atoms. The molecule has 1 heterocycles. The standard InChI is InChI=1S/C14H18N2O2S/c1-2-10(15)9-19-8-7-16-13(17)11-5-3-4-6-12(11)14(16)18/h3-6,10H,2,7-9,15H2,1H3. The topological polar surface area (TPSA) is 63.4 Å². The molecule has 102 valence electrons. The van der Waals surface area contributed by atoms with Crippen LogP contribution in [0.25, 0.3) is 0 Å². The summed E-state index contributed by atoms with van der Waals surface area (Å²) < 4.78 is 0. The van der Waals surface area contributed by atoms with E-state index in [9.17, 15) is 9.59 Å². The Balaban J connectivity index is 1.90. The molecule has 1 atom stereocenters. The number of fused-ring (bicyclic) bond motifs is 1. The molecule has 0 saturated carbocycles. The van der Waals surface area contributed by atoms with E-state index in [2.05, 4.69) is 6.92 Å². The minimum Gasteiger partial charge on any atom is -0.327 e. The summed E-state index contributed by atoms with van der Waals surface area (Å²) in [5, 5.41) is 0. The summed E-state index contributed by atoms with van der Waals surface area (Å²) in [4.78, 5) is 25.5. The first-order chi connectivity index (χ1) is 9.15. The molecule has 0 fully saturated rings. The number of carbonyl (C=O) groups excluding carboxylic acids is 2. The highest BCUT2D eigenvalue weighted by Crippen LogP contribution is 2.22. The van der Waals surface area contributed by atoms with E-state index in [1.165, 1.54) is 4.90 Å². The summed E-state index contributed by atoms with van der Waals surface area (Å²) in [6.07, 6.45) is 0.944. The number of nitrogens with zero attached hydrogens (tertiary/aromatic N) is 1. The third-order valence-corrected chi connectivity index (χ3v) is 4.33. The lowest BCUT2D eigenvalue weighted by molar-refractivity contribution is 0.0664. The fourth-order valence-corrected chi connectivity index (χ4v) is 2.97. The lowest BCUT2D eigenvalue weighted by Crippen LogP contribution is -2.32. The van der Waals surface area contributed by atoms with Crippen molar-refractivity contribution in [2.45, 2.75) is 19.4 Å². The molecule has 1 aliphatic rings. The first kappa shape index (κ1) is 14.1. The third-order valence-electron chi connectivity index (χ3n) is 3.19. The van der Waals surface area contributed by atoms with E-state index in [0.717, 1.165) is 17.9 Å². The molecule has 4 nitrogen and oxygen atoms in total. The number of hydrogen-bond acceptors (Lipinski definition) is 4. The van der Waals surface area contributed by atoms with Crippen LogP contribution >= 0.6 is 11.8 Å². The highest BCUT2D eigenvalue weighted by atomic mass is 32.2. The monoisotopic (exact) mass is 278 g/mol. The second kappa shape index (κ2) is 6.21. The minimum absolute atomic E-state index is 0.180. The van der Waals surface area contributed by atoms with Gasteiger partial charge in [-0.25, -0.2) is 0 Å². The van der Waals surface area contributed by atoms with Crippen molar-refractivity contribution in [2.24, 2.45) is 5.73 Å². The van der Waals surface area contributed by atoms with E-state index in [1.807, 2.05) is 0 Å². The van der Waals surface area contributed by atoms with Crippen LogP contribution in [-0.2, 0) is 0 Å². The molecular weight excluding hydrogens is 260 g/mol. The quantitative estimate of drug-likeness (QED) is 0.636. The highest BCUT2D eigenvalue weighted by Gasteiger charge is 2.34. The van der Waals surface area contributed by atoms with Gasteiger partial charge < -0.3 is 5.73 Å². The molecule has 1 unspecified atom stereocenters. The second-order valence-electron chi connectivity index (χ2n) is 4.55. The fourth-order valence-electron chi connectivity index (χ4n) is 1.95. The van der Waals surface area contributed by atoms with Gasteiger partial charge in [0.15, 0.2) is 0 Å². The molecule has 0 saturated heterocycles. The van der Waals surface area contributed by atoms with Crippen LogP contribution in [0.3, 0.4) is 0 Å². The van der Waals surface area contributed by atoms with Crippen LogP contribution in [0.5, 0.6) is 0 Å². The zero-order chi connectivity index (χ0) is 13.8. The van der Waals surface area contributed by atoms with Crippen LogP contribution in [0, 0.1) is 0 Å². The smallest absolute Gasteiger partial charge is 0.261 e. The van der Waals surface area contributed by atoms with Gasteiger partial charge in [0.1, 0.15) is 0 Å². The molecule has 0 aromatic heterocycles. The molecule has 1 aromatic carbocycles. The molecule has 1 aliphatic heterocycles. The van der Waals surface area contributed by atoms with E-state index < -0.39 is 0 Å². The summed E-state index contributed by atoms with van der Waals surface area (Å²) in [7, 11) is 0. The average molecular weight is 278 g/mol. The van der Waals surface area contributed by atoms with Gasteiger partial charge >= 0.3 is 0 Å². The summed E-state index contributed by atoms with van der Waals surface area (Å²) >= 11 is 1.68. The number of benzene rings is 1. The van der Waals surface area contributed by atoms with Crippen molar-refractivity contribution in [1.82, 2.24) is 4.90 Å². The maximum Gasteiger partial charge on any atom is 0.261 e. The lowest BCUT2D eigenvalue weighted by atomic mass is 10.1. The molecule has 1 aromatic rings. The van der Waals surface area contributed by atoms with Crippen LogP contribution < -0.4 is 5.73 Å². The van der Waals surface area contributed by atoms with Crippen LogP contribution in [0.15, 0.2) is 24.3 Å². The van der Waals surface area contributed by atoms with E-state index in [-0.39, 0.29) is 17.9 Å². The van der Waals surface area contributed by atoms with Gasteiger partial charge in [-0.15, -0.1) is 0 Å². The first-order valence-corrected chi connectivity index (χ1v) is 7.59. The van der Waals surface area contributed by atoms with Gasteiger partial charge in [0.25, 0.3) is 11.8 Å². The summed E-state index contributed by atoms with van der Waals surface area (Å²) in [5.74, 6) is 1.24. The van der Waals surface area contributed by atoms with Gasteiger partial charge in [-0.05, 0) is 18.6 Å². The van der Waals surface area contributed by atoms with Crippen molar-refractivity contribution in [2.75, 3.05) is 18.1 Å². The minimum atomic E-state index is -0.180. The molecule has 0 spiro atoms. The maximum atomic E-state index is 12.1. The zero-order valence-corrected chi connectivity index (χ0v) is 11.8. The Morgan fingerprint density at radius 2 is 1.79 bits per heavy atom. The fraction of sp³-hybridized carbons (Fsp3) is 0.429. The van der Waals surface area contributed by atoms with Crippen LogP contribution in [0.2, 0.25) is 0 Å². The molecule has 0 aliphatic carbocycles. The van der Waals surface area contributed by atoms with Crippen molar-refractivity contribution >= 4 is 23.6 Å². The molecule has 2 rings (SSSR count). The van der Waals surface area contributed by atoms with Crippen molar-refractivity contribution in [3.8, 4) is 0 Å². The number of carbonyl (C=O) groups is 2. The lowest BCUT2D eigenvalue weighted by Gasteiger charge is -2.14. The van der Waals surface area contributed by atoms with E-state index in [4.69, 9.17) is 5.73 Å². The van der Waals surface area contributed by atoms with Gasteiger partial charge in [0.05, 0.1) is 11.1 Å². The largest absolute Gasteiger partial charge is 0.327 e. The molecule has 2 amide bonds. The maximum absolute atomic E-state index is 12.1. The second-order valence-corrected chi connectivity index (χ2v) is 5.70. The van der Waals surface area contributed by atoms with Gasteiger partial charge in [-0.1, -0.05) is 19.1 Å². The van der Waals surface area contributed by atoms with Gasteiger partial charge in [0.2, 0.25) is 0 Å². The Morgan fingerprint density at radius 1 is 1.21 bits per heavy atom. The summed E-state index contributed by atoms with van der Waals surface area (Å²) in [6, 6.07) is 7.16. The summed E-state index contributed by atoms with van der Waals surface area (Å²) in [5.41, 5.74) is 6.86. The SMILES string of the molecule is CCC(N)CSCCN1C(=O)c2ccccc2C1=O. The van der Waals surface area contributed by atoms with Crippen molar-refractivity contribution < 1.29 is 9.59 Å². The summed E-state index contributed by atoms with van der Waals surface area (Å²) in [6.45, 7) is 2.50. The Hall–Kier alpha value is -1.33. The van der Waals surface area contributed by atoms with Crippen LogP contribution in [0.1, 0.15) is 34.1 Å². The predicted octanol–water partition coefficient (Wildman–Crippen LogP) is 1.75. The van der Waals surface area contributed by atoms with Gasteiger partial charge in [-0.3, -0.25) is 14.5 Å². The van der Waals surface area contributed by atoms with E-state index >= 15 is 0 Å². The Bertz CT molecular complexity index is 455. The molecule has 0 radical (unpaired) electrons. The van der Waals surface area contributed by atoms with E-state index in [1.54, 1.807) is 36.0 Å². The predicted molar refractivity (Wildman–Crippen MR) is 77.4 cm³/mol. The van der Waals surface area contributed by atoms with Gasteiger partial charge in [0, 0.05) is 24.1 Å². The van der Waals surface area contributed by atoms with Crippen LogP contribution in [-0.4, -0.2) is 40.8 Å². The number of rotatable bonds is 6. The third kappa shape index (κ3) is 2.98. The molecule has 2 N–H and O–H groups in total. The van der Waals surface area contributed by atoms with E-state index in [0.29, 0.717) is 17.7 Å². The van der Waals surface area contributed by atoms with Crippen molar-refractivity contribution in [3.63, 3.8) is 0 Å². The Morgan fingerprint density at radius 3 is 2.32 bits per heavy atom. The van der Waals surface area contributed by atoms with Crippen LogP contribution in [0.4, 0.5) is 0 Å². The molecule has 19 heavy (non-hydrogen) atoms. The number of amides is 2. The average Bonchev–Trinajstić information content (AvgIpc) is 2.68. The van der Waals surface area contributed by atoms with Crippen molar-refractivity contribution in [3.05, 3.63) is 35.4 Å². The molecule has 5 heteroatoms. The van der Waals surface area contributed by atoms with Gasteiger partial charge in [-0.2, -0.15) is 11.8 Å². The highest BCUT2D eigenvalue weighted by molar-refractivity contribution is 7.99. The number of imide groups is 1. The first-order valence-electron chi connectivity index (χ1n) is 6.43. The number of nitrogens with two attached hydrogens (primary N) is 1. The number of hydrogen-bond donors (Lipinski definition) is 1. The molecular formula is C14H18N2O2S. The zero-order valence-electron chi connectivity index (χ0n) is 11.0. The Labute approximate surface area is 117 Å². The van der Waals surface area contributed by atoms with Crippen molar-refractivity contribution in [1.29, 1.82) is 0 Å². The number of thioether (sulfide) groups is 1.